The van der Waals surface area contributed by atoms with Gasteiger partial charge in [0.15, 0.2) is 9.84 Å². The van der Waals surface area contributed by atoms with Gasteiger partial charge in [0.05, 0.1) is 24.0 Å². The van der Waals surface area contributed by atoms with Crippen molar-refractivity contribution in [1.29, 1.82) is 0 Å². The molecule has 0 unspecified atom stereocenters. The number of carbonyl (C=O) groups is 1. The minimum atomic E-state index is -3.18. The Morgan fingerprint density at radius 2 is 1.88 bits per heavy atom. The van der Waals surface area contributed by atoms with Crippen LogP contribution in [0.15, 0.2) is 15.8 Å². The van der Waals surface area contributed by atoms with Gasteiger partial charge in [-0.1, -0.05) is 0 Å². The zero-order valence-corrected chi connectivity index (χ0v) is 15.1. The van der Waals surface area contributed by atoms with Gasteiger partial charge in [0.2, 0.25) is 5.91 Å². The number of hydrogen-bond acceptors (Lipinski definition) is 6. The monoisotopic (exact) mass is 382 g/mol. The lowest BCUT2D eigenvalue weighted by molar-refractivity contribution is -0.136. The van der Waals surface area contributed by atoms with E-state index < -0.39 is 21.1 Å². The zero-order valence-electron chi connectivity index (χ0n) is 14.3. The predicted octanol–water partition coefficient (Wildman–Crippen LogP) is -1.67. The Morgan fingerprint density at radius 1 is 1.15 bits per heavy atom. The van der Waals surface area contributed by atoms with Crippen LogP contribution in [0.2, 0.25) is 0 Å². The van der Waals surface area contributed by atoms with E-state index in [4.69, 9.17) is 0 Å². The van der Waals surface area contributed by atoms with Crippen LogP contribution < -0.4 is 11.2 Å². The normalized spacial score (nSPS) is 28.1. The molecule has 1 aromatic heterocycles. The van der Waals surface area contributed by atoms with Crippen LogP contribution in [-0.2, 0) is 21.1 Å². The van der Waals surface area contributed by atoms with Crippen molar-refractivity contribution in [2.75, 3.05) is 31.1 Å². The Morgan fingerprint density at radius 3 is 2.58 bits per heavy atom. The standard InChI is InChI=1S/C16H22N4O5S/c21-14(5-11-6-17-16(23)18-15(11)22)20-4-3-19(7-10-1-2-10)12-8-26(24,25)9-13(12)20/h6,10,12-13H,1-5,7-9H2,(H2,17,18,22,23)/t12-,13+/m1/s1. The van der Waals surface area contributed by atoms with Gasteiger partial charge in [-0.05, 0) is 18.8 Å². The summed E-state index contributed by atoms with van der Waals surface area (Å²) in [5, 5.41) is 0. The number of amides is 1. The summed E-state index contributed by atoms with van der Waals surface area (Å²) in [6, 6.07) is -0.519. The Labute approximate surface area is 150 Å². The zero-order chi connectivity index (χ0) is 18.5. The fourth-order valence-electron chi connectivity index (χ4n) is 4.03. The third-order valence-corrected chi connectivity index (χ3v) is 7.24. The lowest BCUT2D eigenvalue weighted by atomic mass is 10.0. The summed E-state index contributed by atoms with van der Waals surface area (Å²) in [6.07, 6.45) is 3.47. The number of carbonyl (C=O) groups excluding carboxylic acids is 1. The average molecular weight is 382 g/mol. The van der Waals surface area contributed by atoms with E-state index in [-0.39, 0.29) is 41.5 Å². The lowest BCUT2D eigenvalue weighted by Gasteiger charge is -2.44. The van der Waals surface area contributed by atoms with Gasteiger partial charge >= 0.3 is 5.69 Å². The highest BCUT2D eigenvalue weighted by atomic mass is 32.2. The van der Waals surface area contributed by atoms with Crippen LogP contribution in [0.1, 0.15) is 18.4 Å². The average Bonchev–Trinajstić information content (AvgIpc) is 3.30. The molecule has 2 aliphatic heterocycles. The molecule has 3 aliphatic rings. The van der Waals surface area contributed by atoms with Gasteiger partial charge in [-0.2, -0.15) is 0 Å². The molecule has 2 saturated heterocycles. The maximum absolute atomic E-state index is 12.8. The van der Waals surface area contributed by atoms with Crippen molar-refractivity contribution in [3.8, 4) is 0 Å². The second kappa shape index (κ2) is 6.34. The first kappa shape index (κ1) is 17.5. The molecule has 4 rings (SSSR count). The number of H-pyrrole nitrogens is 2. The maximum atomic E-state index is 12.8. The number of piperazine rings is 1. The van der Waals surface area contributed by atoms with E-state index in [1.807, 2.05) is 0 Å². The van der Waals surface area contributed by atoms with Crippen LogP contribution in [0, 0.1) is 5.92 Å². The smallest absolute Gasteiger partial charge is 0.325 e. The first-order valence-electron chi connectivity index (χ1n) is 8.87. The molecule has 2 N–H and O–H groups in total. The molecular weight excluding hydrogens is 360 g/mol. The van der Waals surface area contributed by atoms with E-state index >= 15 is 0 Å². The number of aromatic nitrogens is 2. The molecule has 3 fully saturated rings. The van der Waals surface area contributed by atoms with Crippen molar-refractivity contribution in [2.24, 2.45) is 5.92 Å². The molecule has 2 atom stereocenters. The van der Waals surface area contributed by atoms with Crippen molar-refractivity contribution >= 4 is 15.7 Å². The number of nitrogens with one attached hydrogen (secondary N) is 2. The van der Waals surface area contributed by atoms with Crippen molar-refractivity contribution in [3.63, 3.8) is 0 Å². The molecule has 1 saturated carbocycles. The predicted molar refractivity (Wildman–Crippen MR) is 93.6 cm³/mol. The van der Waals surface area contributed by atoms with E-state index in [0.29, 0.717) is 19.0 Å². The van der Waals surface area contributed by atoms with Crippen LogP contribution in [-0.4, -0.2) is 77.3 Å². The van der Waals surface area contributed by atoms with Crippen LogP contribution in [0.4, 0.5) is 0 Å². The third-order valence-electron chi connectivity index (χ3n) is 5.54. The summed E-state index contributed by atoms with van der Waals surface area (Å²) in [7, 11) is -3.18. The summed E-state index contributed by atoms with van der Waals surface area (Å²) in [5.74, 6) is 0.446. The molecule has 10 heteroatoms. The van der Waals surface area contributed by atoms with E-state index in [1.165, 1.54) is 19.0 Å². The third kappa shape index (κ3) is 3.48. The second-order valence-electron chi connectivity index (χ2n) is 7.51. The molecule has 1 aromatic rings. The summed E-state index contributed by atoms with van der Waals surface area (Å²) in [5.41, 5.74) is -1.04. The number of aromatic amines is 2. The van der Waals surface area contributed by atoms with Crippen molar-refractivity contribution in [2.45, 2.75) is 31.3 Å². The molecule has 0 spiro atoms. The van der Waals surface area contributed by atoms with E-state index in [2.05, 4.69) is 14.9 Å². The molecule has 26 heavy (non-hydrogen) atoms. The quantitative estimate of drug-likeness (QED) is 0.642. The maximum Gasteiger partial charge on any atom is 0.325 e. The number of hydrogen-bond donors (Lipinski definition) is 2. The summed E-state index contributed by atoms with van der Waals surface area (Å²) in [6.45, 7) is 2.02. The summed E-state index contributed by atoms with van der Waals surface area (Å²) < 4.78 is 24.4. The van der Waals surface area contributed by atoms with Crippen molar-refractivity contribution in [1.82, 2.24) is 19.8 Å². The van der Waals surface area contributed by atoms with Gasteiger partial charge in [-0.3, -0.25) is 19.5 Å². The van der Waals surface area contributed by atoms with E-state index in [9.17, 15) is 22.8 Å². The molecular formula is C16H22N4O5S. The highest BCUT2D eigenvalue weighted by molar-refractivity contribution is 7.91. The minimum absolute atomic E-state index is 0.0213. The van der Waals surface area contributed by atoms with Gasteiger partial charge in [0, 0.05) is 37.4 Å². The molecule has 1 amide bonds. The van der Waals surface area contributed by atoms with Crippen LogP contribution in [0.3, 0.4) is 0 Å². The van der Waals surface area contributed by atoms with Crippen LogP contribution in [0.25, 0.3) is 0 Å². The van der Waals surface area contributed by atoms with Gasteiger partial charge in [-0.15, -0.1) is 0 Å². The molecule has 1 aliphatic carbocycles. The largest absolute Gasteiger partial charge is 0.336 e. The fourth-order valence-corrected chi connectivity index (χ4v) is 6.04. The molecule has 0 aromatic carbocycles. The highest BCUT2D eigenvalue weighted by Gasteiger charge is 2.48. The molecule has 9 nitrogen and oxygen atoms in total. The number of rotatable bonds is 4. The second-order valence-corrected chi connectivity index (χ2v) is 9.66. The number of fused-ring (bicyclic) bond motifs is 1. The highest BCUT2D eigenvalue weighted by Crippen LogP contribution is 2.34. The Balaban J connectivity index is 1.53. The topological polar surface area (TPSA) is 123 Å². The van der Waals surface area contributed by atoms with Gasteiger partial charge in [-0.25, -0.2) is 13.2 Å². The van der Waals surface area contributed by atoms with Crippen molar-refractivity contribution < 1.29 is 13.2 Å². The van der Waals surface area contributed by atoms with Crippen LogP contribution in [0.5, 0.6) is 0 Å². The van der Waals surface area contributed by atoms with Gasteiger partial charge in [0.25, 0.3) is 5.56 Å². The van der Waals surface area contributed by atoms with Crippen LogP contribution >= 0.6 is 0 Å². The Kier molecular flexibility index (Phi) is 4.26. The summed E-state index contributed by atoms with van der Waals surface area (Å²) in [4.78, 5) is 44.0. The lowest BCUT2D eigenvalue weighted by Crippen LogP contribution is -2.61. The first-order chi connectivity index (χ1) is 12.3. The minimum Gasteiger partial charge on any atom is -0.336 e. The first-order valence-corrected chi connectivity index (χ1v) is 10.7. The number of sulfone groups is 1. The van der Waals surface area contributed by atoms with E-state index in [0.717, 1.165) is 6.54 Å². The molecule has 0 bridgehead atoms. The Hall–Kier alpha value is -1.94. The fraction of sp³-hybridized carbons (Fsp3) is 0.688. The Bertz CT molecular complexity index is 932. The van der Waals surface area contributed by atoms with E-state index in [1.54, 1.807) is 4.90 Å². The molecule has 142 valence electrons. The number of nitrogens with zero attached hydrogens (tertiary/aromatic N) is 2. The van der Waals surface area contributed by atoms with Gasteiger partial charge in [0.1, 0.15) is 0 Å². The summed E-state index contributed by atoms with van der Waals surface area (Å²) >= 11 is 0. The van der Waals surface area contributed by atoms with Crippen molar-refractivity contribution in [3.05, 3.63) is 32.6 Å². The van der Waals surface area contributed by atoms with Gasteiger partial charge < -0.3 is 9.88 Å². The SMILES string of the molecule is O=C(Cc1c[nH]c(=O)[nH]c1=O)N1CCN(CC2CC2)[C@@H]2CS(=O)(=O)C[C@@H]21. The molecule has 3 heterocycles. The molecule has 0 radical (unpaired) electrons.